The number of nitrogens with zero attached hydrogens (tertiary/aromatic N) is 1. The summed E-state index contributed by atoms with van der Waals surface area (Å²) in [5.41, 5.74) is 5.48. The van der Waals surface area contributed by atoms with Crippen molar-refractivity contribution < 1.29 is 19.1 Å². The second-order valence-corrected chi connectivity index (χ2v) is 12.1. The smallest absolute Gasteiger partial charge is 0.262 e. The van der Waals surface area contributed by atoms with Crippen LogP contribution in [-0.4, -0.2) is 36.0 Å². The van der Waals surface area contributed by atoms with Crippen molar-refractivity contribution in [2.45, 2.75) is 51.4 Å². The molecule has 9 heteroatoms. The topological polar surface area (TPSA) is 75.7 Å². The lowest BCUT2D eigenvalue weighted by Gasteiger charge is -2.42. The molecule has 0 saturated heterocycles. The van der Waals surface area contributed by atoms with Crippen LogP contribution in [0.3, 0.4) is 0 Å². The lowest BCUT2D eigenvalue weighted by atomic mass is 9.71. The van der Waals surface area contributed by atoms with Crippen LogP contribution in [0, 0.1) is 6.92 Å². The molecule has 2 aliphatic carbocycles. The van der Waals surface area contributed by atoms with E-state index in [1.165, 1.54) is 0 Å². The second-order valence-electron chi connectivity index (χ2n) is 9.87. The van der Waals surface area contributed by atoms with Gasteiger partial charge in [0.15, 0.2) is 18.2 Å². The molecule has 1 heterocycles. The lowest BCUT2D eigenvalue weighted by Crippen LogP contribution is -2.37. The van der Waals surface area contributed by atoms with Crippen LogP contribution in [0.5, 0.6) is 5.75 Å². The number of aryl methyl sites for hydroxylation is 1. The summed E-state index contributed by atoms with van der Waals surface area (Å²) in [6.45, 7) is 1.63. The highest BCUT2D eigenvalue weighted by Gasteiger charge is 2.43. The van der Waals surface area contributed by atoms with Crippen molar-refractivity contribution in [2.75, 3.05) is 19.0 Å². The van der Waals surface area contributed by atoms with Gasteiger partial charge in [0, 0.05) is 69.1 Å². The largest absolute Gasteiger partial charge is 0.482 e. The minimum Gasteiger partial charge on any atom is -0.482 e. The molecule has 0 aromatic heterocycles. The highest BCUT2D eigenvalue weighted by molar-refractivity contribution is 9.11. The molecule has 1 aliphatic heterocycles. The van der Waals surface area contributed by atoms with Crippen LogP contribution in [-0.2, 0) is 14.4 Å². The molecule has 198 valence electrons. The molecule has 0 bridgehead atoms. The number of hydrogen-bond acceptors (Lipinski definition) is 5. The maximum Gasteiger partial charge on any atom is 0.262 e. The van der Waals surface area contributed by atoms with Gasteiger partial charge in [0.25, 0.3) is 5.91 Å². The fraction of sp³-hybridized carbons (Fsp3) is 0.345. The molecule has 1 amide bonds. The summed E-state index contributed by atoms with van der Waals surface area (Å²) in [6, 6.07) is 9.04. The number of carbonyl (C=O) groups is 3. The first-order valence-corrected chi connectivity index (χ1v) is 14.6. The van der Waals surface area contributed by atoms with E-state index in [-0.39, 0.29) is 24.1 Å². The van der Waals surface area contributed by atoms with Crippen molar-refractivity contribution in [3.63, 3.8) is 0 Å². The Labute approximate surface area is 243 Å². The third-order valence-electron chi connectivity index (χ3n) is 7.40. The third kappa shape index (κ3) is 5.10. The average molecular weight is 663 g/mol. The minimum atomic E-state index is -0.542. The maximum atomic E-state index is 13.4. The SMILES string of the molecule is Cc1ccc(NC(=O)COc2c(Br)cc(Br)cc2C2C3=C(CCCC3=O)N(C)C3=C2C(=O)CCC3)cc1Cl. The van der Waals surface area contributed by atoms with Crippen molar-refractivity contribution >= 4 is 66.6 Å². The van der Waals surface area contributed by atoms with E-state index in [4.69, 9.17) is 16.3 Å². The lowest BCUT2D eigenvalue weighted by molar-refractivity contribution is -0.119. The fourth-order valence-electron chi connectivity index (χ4n) is 5.62. The molecule has 0 radical (unpaired) electrons. The fourth-order valence-corrected chi connectivity index (χ4v) is 7.17. The van der Waals surface area contributed by atoms with Gasteiger partial charge in [-0.2, -0.15) is 0 Å². The number of anilines is 1. The van der Waals surface area contributed by atoms with Gasteiger partial charge in [0.2, 0.25) is 0 Å². The van der Waals surface area contributed by atoms with Gasteiger partial charge in [-0.1, -0.05) is 33.6 Å². The van der Waals surface area contributed by atoms with Gasteiger partial charge >= 0.3 is 0 Å². The van der Waals surface area contributed by atoms with E-state index in [9.17, 15) is 14.4 Å². The Morgan fingerprint density at radius 2 is 1.66 bits per heavy atom. The summed E-state index contributed by atoms with van der Waals surface area (Å²) in [7, 11) is 1.97. The van der Waals surface area contributed by atoms with Crippen LogP contribution in [0.2, 0.25) is 5.02 Å². The van der Waals surface area contributed by atoms with E-state index < -0.39 is 5.92 Å². The maximum absolute atomic E-state index is 13.4. The van der Waals surface area contributed by atoms with E-state index in [0.29, 0.717) is 50.5 Å². The Morgan fingerprint density at radius 1 is 1.03 bits per heavy atom. The molecule has 3 aliphatic rings. The molecule has 1 N–H and O–H groups in total. The van der Waals surface area contributed by atoms with E-state index in [2.05, 4.69) is 42.1 Å². The quantitative estimate of drug-likeness (QED) is 0.366. The number of nitrogens with one attached hydrogen (secondary N) is 1. The first-order chi connectivity index (χ1) is 18.2. The van der Waals surface area contributed by atoms with Crippen molar-refractivity contribution in [3.05, 3.63) is 78.0 Å². The molecular weight excluding hydrogens is 636 g/mol. The molecule has 0 spiro atoms. The van der Waals surface area contributed by atoms with Crippen LogP contribution < -0.4 is 10.1 Å². The van der Waals surface area contributed by atoms with E-state index in [1.54, 1.807) is 12.1 Å². The predicted molar refractivity (Wildman–Crippen MR) is 154 cm³/mol. The normalized spacial score (nSPS) is 18.0. The van der Waals surface area contributed by atoms with Crippen LogP contribution in [0.25, 0.3) is 0 Å². The first-order valence-electron chi connectivity index (χ1n) is 12.6. The van der Waals surface area contributed by atoms with E-state index in [1.807, 2.05) is 32.2 Å². The summed E-state index contributed by atoms with van der Waals surface area (Å²) in [6.07, 6.45) is 4.05. The number of benzene rings is 2. The third-order valence-corrected chi connectivity index (χ3v) is 8.85. The molecule has 5 rings (SSSR count). The average Bonchev–Trinajstić information content (AvgIpc) is 2.86. The predicted octanol–water partition coefficient (Wildman–Crippen LogP) is 7.23. The Morgan fingerprint density at radius 3 is 2.26 bits per heavy atom. The van der Waals surface area contributed by atoms with Crippen LogP contribution in [0.1, 0.15) is 55.6 Å². The number of hydrogen-bond donors (Lipinski definition) is 1. The van der Waals surface area contributed by atoms with Crippen molar-refractivity contribution in [3.8, 4) is 5.75 Å². The monoisotopic (exact) mass is 660 g/mol. The highest BCUT2D eigenvalue weighted by atomic mass is 79.9. The zero-order chi connectivity index (χ0) is 27.1. The number of amides is 1. The van der Waals surface area contributed by atoms with Gasteiger partial charge < -0.3 is 15.0 Å². The van der Waals surface area contributed by atoms with Gasteiger partial charge in [0.1, 0.15) is 5.75 Å². The number of Topliss-reactive ketones (excluding diaryl/α,β-unsaturated/α-hetero) is 2. The number of ketones is 2. The number of ether oxygens (including phenoxy) is 1. The van der Waals surface area contributed by atoms with E-state index >= 15 is 0 Å². The molecule has 38 heavy (non-hydrogen) atoms. The van der Waals surface area contributed by atoms with Gasteiger partial charge in [-0.25, -0.2) is 0 Å². The van der Waals surface area contributed by atoms with Crippen LogP contribution >= 0.6 is 43.5 Å². The molecule has 0 saturated carbocycles. The summed E-state index contributed by atoms with van der Waals surface area (Å²) in [5, 5.41) is 3.38. The molecule has 0 unspecified atom stereocenters. The standard InChI is InChI=1S/C29H27Br2ClN2O4/c1-15-9-10-17(13-20(15)32)33-25(37)14-38-29-18(11-16(30)12-19(29)31)26-27-21(5-3-7-23(27)35)34(2)22-6-4-8-24(36)28(22)26/h9-13,26H,3-8,14H2,1-2H3,(H,33,37). The Kier molecular flexibility index (Phi) is 7.85. The second kappa shape index (κ2) is 11.0. The van der Waals surface area contributed by atoms with E-state index in [0.717, 1.165) is 47.1 Å². The molecule has 0 atom stereocenters. The summed E-state index contributed by atoms with van der Waals surface area (Å²) in [4.78, 5) is 41.7. The van der Waals surface area contributed by atoms with Crippen molar-refractivity contribution in [1.82, 2.24) is 4.90 Å². The van der Waals surface area contributed by atoms with Crippen molar-refractivity contribution in [2.24, 2.45) is 0 Å². The van der Waals surface area contributed by atoms with Crippen molar-refractivity contribution in [1.29, 1.82) is 0 Å². The number of rotatable bonds is 5. The number of halogens is 3. The molecular formula is C29H27Br2ClN2O4. The van der Waals surface area contributed by atoms with Crippen LogP contribution in [0.4, 0.5) is 5.69 Å². The summed E-state index contributed by atoms with van der Waals surface area (Å²) < 4.78 is 7.53. The first kappa shape index (κ1) is 27.2. The molecule has 2 aromatic rings. The summed E-state index contributed by atoms with van der Waals surface area (Å²) in [5.74, 6) is -0.334. The van der Waals surface area contributed by atoms with Gasteiger partial charge in [-0.3, -0.25) is 14.4 Å². The Hall–Kier alpha value is -2.42. The minimum absolute atomic E-state index is 0.0593. The van der Waals surface area contributed by atoms with Crippen LogP contribution in [0.15, 0.2) is 61.8 Å². The van der Waals surface area contributed by atoms with Gasteiger partial charge in [0.05, 0.1) is 4.47 Å². The molecule has 0 fully saturated rings. The van der Waals surface area contributed by atoms with Gasteiger partial charge in [-0.05, 0) is 78.4 Å². The molecule has 6 nitrogen and oxygen atoms in total. The number of allylic oxidation sites excluding steroid dienone is 4. The molecule has 2 aromatic carbocycles. The summed E-state index contributed by atoms with van der Waals surface area (Å²) >= 11 is 13.4. The zero-order valence-electron chi connectivity index (χ0n) is 21.1. The van der Waals surface area contributed by atoms with Gasteiger partial charge in [-0.15, -0.1) is 0 Å². The highest BCUT2D eigenvalue weighted by Crippen LogP contribution is 2.52. The number of carbonyl (C=O) groups excluding carboxylic acids is 3. The Bertz CT molecular complexity index is 1390. The Balaban J connectivity index is 1.54. The zero-order valence-corrected chi connectivity index (χ0v) is 25.1.